The Labute approximate surface area is 172 Å². The Bertz CT molecular complexity index is 898. The topological polar surface area (TPSA) is 53.5 Å². The first kappa shape index (κ1) is 19.6. The molecule has 0 spiro atoms. The second-order valence-electron chi connectivity index (χ2n) is 8.49. The van der Waals surface area contributed by atoms with E-state index in [1.54, 1.807) is 13.1 Å². The highest BCUT2D eigenvalue weighted by Crippen LogP contribution is 2.39. The van der Waals surface area contributed by atoms with Gasteiger partial charge in [-0.25, -0.2) is 0 Å². The van der Waals surface area contributed by atoms with E-state index < -0.39 is 0 Å². The van der Waals surface area contributed by atoms with E-state index in [2.05, 4.69) is 24.0 Å². The standard InChI is InChI=1S/C24H29N3O2/c1-18(28)27-15-6-10-22-24(27,2)12-7-14-26(22)23(29)20-11-13-25-21(17-20)16-19-8-4-3-5-9-19/h3-5,8-9,11,13,17,22H,6-7,10,12,14-16H2,1-2H3/t22-,24+/m1/s1. The lowest BCUT2D eigenvalue weighted by atomic mass is 9.76. The highest BCUT2D eigenvalue weighted by atomic mass is 16.2. The van der Waals surface area contributed by atoms with Crippen LogP contribution in [0.25, 0.3) is 0 Å². The lowest BCUT2D eigenvalue weighted by Gasteiger charge is -2.56. The molecular formula is C24H29N3O2. The summed E-state index contributed by atoms with van der Waals surface area (Å²) in [6.45, 7) is 5.35. The molecule has 1 aromatic carbocycles. The summed E-state index contributed by atoms with van der Waals surface area (Å²) in [6, 6.07) is 14.0. The smallest absolute Gasteiger partial charge is 0.254 e. The van der Waals surface area contributed by atoms with Gasteiger partial charge in [0, 0.05) is 43.9 Å². The minimum absolute atomic E-state index is 0.0584. The van der Waals surface area contributed by atoms with Crippen molar-refractivity contribution >= 4 is 11.8 Å². The van der Waals surface area contributed by atoms with Crippen molar-refractivity contribution in [3.05, 3.63) is 65.5 Å². The fourth-order valence-electron chi connectivity index (χ4n) is 5.18. The molecule has 4 rings (SSSR count). The highest BCUT2D eigenvalue weighted by molar-refractivity contribution is 5.94. The van der Waals surface area contributed by atoms with Gasteiger partial charge in [0.1, 0.15) is 0 Å². The Balaban J connectivity index is 1.58. The Morgan fingerprint density at radius 3 is 2.69 bits per heavy atom. The Hall–Kier alpha value is -2.69. The summed E-state index contributed by atoms with van der Waals surface area (Å²) in [7, 11) is 0. The van der Waals surface area contributed by atoms with Crippen molar-refractivity contribution in [2.24, 2.45) is 0 Å². The molecule has 0 saturated carbocycles. The van der Waals surface area contributed by atoms with Crippen molar-refractivity contribution in [2.75, 3.05) is 13.1 Å². The zero-order valence-corrected chi connectivity index (χ0v) is 17.3. The van der Waals surface area contributed by atoms with Gasteiger partial charge in [-0.05, 0) is 50.3 Å². The first-order valence-electron chi connectivity index (χ1n) is 10.6. The molecule has 5 heteroatoms. The molecule has 2 atom stereocenters. The van der Waals surface area contributed by atoms with E-state index in [9.17, 15) is 9.59 Å². The number of rotatable bonds is 3. The van der Waals surface area contributed by atoms with Crippen LogP contribution in [0, 0.1) is 0 Å². The second kappa shape index (κ2) is 7.97. The van der Waals surface area contributed by atoms with Crippen LogP contribution in [-0.4, -0.2) is 51.3 Å². The molecule has 29 heavy (non-hydrogen) atoms. The highest BCUT2D eigenvalue weighted by Gasteiger charge is 2.49. The molecule has 2 fully saturated rings. The maximum absolute atomic E-state index is 13.5. The first-order valence-corrected chi connectivity index (χ1v) is 10.6. The van der Waals surface area contributed by atoms with Gasteiger partial charge in [-0.15, -0.1) is 0 Å². The summed E-state index contributed by atoms with van der Waals surface area (Å²) in [5.41, 5.74) is 2.50. The Kier molecular flexibility index (Phi) is 5.39. The zero-order valence-electron chi connectivity index (χ0n) is 17.3. The molecule has 0 bridgehead atoms. The van der Waals surface area contributed by atoms with E-state index in [-0.39, 0.29) is 23.4 Å². The van der Waals surface area contributed by atoms with Gasteiger partial charge in [0.2, 0.25) is 5.91 Å². The zero-order chi connectivity index (χ0) is 20.4. The van der Waals surface area contributed by atoms with Crippen LogP contribution in [0.2, 0.25) is 0 Å². The first-order chi connectivity index (χ1) is 14.0. The van der Waals surface area contributed by atoms with E-state index >= 15 is 0 Å². The van der Waals surface area contributed by atoms with Crippen LogP contribution in [0.1, 0.15) is 61.1 Å². The summed E-state index contributed by atoms with van der Waals surface area (Å²) in [6.07, 6.45) is 6.22. The number of piperidine rings is 2. The number of pyridine rings is 1. The van der Waals surface area contributed by atoms with Gasteiger partial charge < -0.3 is 9.80 Å². The summed E-state index contributed by atoms with van der Waals surface area (Å²) in [5.74, 6) is 0.170. The average Bonchev–Trinajstić information content (AvgIpc) is 2.72. The van der Waals surface area contributed by atoms with Crippen LogP contribution in [0.15, 0.2) is 48.7 Å². The summed E-state index contributed by atoms with van der Waals surface area (Å²) in [4.78, 5) is 34.2. The SMILES string of the molecule is CC(=O)N1CCC[C@H]2N(C(=O)c3ccnc(Cc4ccccc4)c3)CCC[C@@]21C. The van der Waals surface area contributed by atoms with Crippen molar-refractivity contribution in [3.8, 4) is 0 Å². The molecule has 2 amide bonds. The van der Waals surface area contributed by atoms with Gasteiger partial charge in [0.05, 0.1) is 11.6 Å². The molecule has 2 aromatic rings. The number of benzene rings is 1. The minimum atomic E-state index is -0.266. The number of amides is 2. The molecule has 152 valence electrons. The van der Waals surface area contributed by atoms with Crippen molar-refractivity contribution in [2.45, 2.75) is 57.5 Å². The number of likely N-dealkylation sites (tertiary alicyclic amines) is 2. The van der Waals surface area contributed by atoms with Crippen LogP contribution in [-0.2, 0) is 11.2 Å². The average molecular weight is 392 g/mol. The quantitative estimate of drug-likeness (QED) is 0.802. The second-order valence-corrected chi connectivity index (χ2v) is 8.49. The fourth-order valence-corrected chi connectivity index (χ4v) is 5.18. The Morgan fingerprint density at radius 2 is 1.93 bits per heavy atom. The largest absolute Gasteiger partial charge is 0.335 e. The lowest BCUT2D eigenvalue weighted by Crippen LogP contribution is -2.67. The molecule has 3 heterocycles. The van der Waals surface area contributed by atoms with Crippen molar-refractivity contribution in [3.63, 3.8) is 0 Å². The number of fused-ring (bicyclic) bond motifs is 1. The molecule has 0 N–H and O–H groups in total. The summed E-state index contributed by atoms with van der Waals surface area (Å²) >= 11 is 0. The van der Waals surface area contributed by atoms with E-state index in [1.807, 2.05) is 40.1 Å². The molecule has 1 aromatic heterocycles. The van der Waals surface area contributed by atoms with Crippen molar-refractivity contribution in [1.29, 1.82) is 0 Å². The number of hydrogen-bond acceptors (Lipinski definition) is 3. The molecule has 2 aliphatic heterocycles. The van der Waals surface area contributed by atoms with E-state index in [4.69, 9.17) is 0 Å². The van der Waals surface area contributed by atoms with Crippen LogP contribution in [0.3, 0.4) is 0 Å². The van der Waals surface area contributed by atoms with Gasteiger partial charge >= 0.3 is 0 Å². The molecule has 0 unspecified atom stereocenters. The molecule has 0 radical (unpaired) electrons. The molecule has 0 aliphatic carbocycles. The third-order valence-corrected chi connectivity index (χ3v) is 6.58. The molecule has 2 saturated heterocycles. The third kappa shape index (κ3) is 3.78. The number of aromatic nitrogens is 1. The number of carbonyl (C=O) groups excluding carboxylic acids is 2. The van der Waals surface area contributed by atoms with Crippen LogP contribution in [0.5, 0.6) is 0 Å². The number of carbonyl (C=O) groups is 2. The van der Waals surface area contributed by atoms with E-state index in [1.165, 1.54) is 5.56 Å². The minimum Gasteiger partial charge on any atom is -0.335 e. The monoisotopic (exact) mass is 391 g/mol. The van der Waals surface area contributed by atoms with Gasteiger partial charge in [0.15, 0.2) is 0 Å². The van der Waals surface area contributed by atoms with Crippen molar-refractivity contribution in [1.82, 2.24) is 14.8 Å². The summed E-state index contributed by atoms with van der Waals surface area (Å²) < 4.78 is 0. The van der Waals surface area contributed by atoms with Gasteiger partial charge in [-0.2, -0.15) is 0 Å². The predicted octanol–water partition coefficient (Wildman–Crippen LogP) is 3.68. The normalized spacial score (nSPS) is 24.1. The van der Waals surface area contributed by atoms with Gasteiger partial charge in [-0.1, -0.05) is 30.3 Å². The third-order valence-electron chi connectivity index (χ3n) is 6.58. The van der Waals surface area contributed by atoms with Crippen molar-refractivity contribution < 1.29 is 9.59 Å². The molecular weight excluding hydrogens is 362 g/mol. The fraction of sp³-hybridized carbons (Fsp3) is 0.458. The molecule has 2 aliphatic rings. The summed E-state index contributed by atoms with van der Waals surface area (Å²) in [5, 5.41) is 0. The maximum atomic E-state index is 13.5. The maximum Gasteiger partial charge on any atom is 0.254 e. The van der Waals surface area contributed by atoms with Crippen LogP contribution >= 0.6 is 0 Å². The number of nitrogens with zero attached hydrogens (tertiary/aromatic N) is 3. The van der Waals surface area contributed by atoms with Crippen LogP contribution in [0.4, 0.5) is 0 Å². The van der Waals surface area contributed by atoms with Crippen LogP contribution < -0.4 is 0 Å². The Morgan fingerprint density at radius 1 is 1.14 bits per heavy atom. The number of hydrogen-bond donors (Lipinski definition) is 0. The van der Waals surface area contributed by atoms with E-state index in [0.29, 0.717) is 12.0 Å². The molecule has 5 nitrogen and oxygen atoms in total. The van der Waals surface area contributed by atoms with Gasteiger partial charge in [0.25, 0.3) is 5.91 Å². The van der Waals surface area contributed by atoms with Gasteiger partial charge in [-0.3, -0.25) is 14.6 Å². The lowest BCUT2D eigenvalue weighted by molar-refractivity contribution is -0.143. The predicted molar refractivity (Wildman–Crippen MR) is 113 cm³/mol. The van der Waals surface area contributed by atoms with E-state index in [0.717, 1.165) is 44.5 Å².